The van der Waals surface area contributed by atoms with Crippen LogP contribution in [0.2, 0.25) is 0 Å². The standard InChI is InChI=1S/C21H26NO4/c1-22(2)8-7-15-11-19(23-3)20(24-4)12-16(15)17(22)9-14-5-6-18-21(10-14)26-13-25-18/h5-6,10-12,17H,7-9,13H2,1-4H3/q+1. The van der Waals surface area contributed by atoms with Crippen molar-refractivity contribution in [3.05, 3.63) is 47.0 Å². The molecule has 1 atom stereocenters. The number of methoxy groups -OCH3 is 2. The van der Waals surface area contributed by atoms with Crippen molar-refractivity contribution in [3.63, 3.8) is 0 Å². The van der Waals surface area contributed by atoms with Crippen LogP contribution in [0.5, 0.6) is 23.0 Å². The van der Waals surface area contributed by atoms with Crippen LogP contribution in [0.4, 0.5) is 0 Å². The Bertz CT molecular complexity index is 831. The highest BCUT2D eigenvalue weighted by Crippen LogP contribution is 2.42. The normalized spacial score (nSPS) is 19.8. The average molecular weight is 356 g/mol. The maximum Gasteiger partial charge on any atom is 0.231 e. The van der Waals surface area contributed by atoms with E-state index in [-0.39, 0.29) is 0 Å². The van der Waals surface area contributed by atoms with Crippen molar-refractivity contribution in [3.8, 4) is 23.0 Å². The molecule has 0 bridgehead atoms. The molecule has 0 fully saturated rings. The van der Waals surface area contributed by atoms with Crippen LogP contribution in [-0.2, 0) is 12.8 Å². The van der Waals surface area contributed by atoms with Crippen molar-refractivity contribution in [2.45, 2.75) is 18.9 Å². The van der Waals surface area contributed by atoms with Crippen LogP contribution in [0.3, 0.4) is 0 Å². The minimum absolute atomic E-state index is 0.309. The molecule has 2 aliphatic heterocycles. The summed E-state index contributed by atoms with van der Waals surface area (Å²) in [6.45, 7) is 1.40. The molecule has 5 nitrogen and oxygen atoms in total. The molecule has 2 aliphatic rings. The molecule has 2 heterocycles. The topological polar surface area (TPSA) is 36.9 Å². The number of ether oxygens (including phenoxy) is 4. The van der Waals surface area contributed by atoms with Gasteiger partial charge in [0.05, 0.1) is 34.9 Å². The summed E-state index contributed by atoms with van der Waals surface area (Å²) in [7, 11) is 7.99. The van der Waals surface area contributed by atoms with Crippen LogP contribution >= 0.6 is 0 Å². The second-order valence-electron chi connectivity index (χ2n) is 7.57. The van der Waals surface area contributed by atoms with Gasteiger partial charge in [-0.25, -0.2) is 0 Å². The lowest BCUT2D eigenvalue weighted by molar-refractivity contribution is -0.923. The third-order valence-corrected chi connectivity index (χ3v) is 5.67. The van der Waals surface area contributed by atoms with Gasteiger partial charge in [-0.15, -0.1) is 0 Å². The Kier molecular flexibility index (Phi) is 4.19. The highest BCUT2D eigenvalue weighted by molar-refractivity contribution is 5.50. The number of quaternary nitrogens is 1. The maximum absolute atomic E-state index is 5.56. The van der Waals surface area contributed by atoms with Crippen molar-refractivity contribution < 1.29 is 23.4 Å². The van der Waals surface area contributed by atoms with Gasteiger partial charge in [-0.2, -0.15) is 0 Å². The van der Waals surface area contributed by atoms with Crippen LogP contribution in [0.25, 0.3) is 0 Å². The van der Waals surface area contributed by atoms with Crippen molar-refractivity contribution in [2.75, 3.05) is 41.7 Å². The zero-order valence-corrected chi connectivity index (χ0v) is 15.9. The molecule has 0 spiro atoms. The summed E-state index contributed by atoms with van der Waals surface area (Å²) in [5.41, 5.74) is 3.95. The molecule has 0 saturated carbocycles. The molecular weight excluding hydrogens is 330 g/mol. The lowest BCUT2D eigenvalue weighted by Crippen LogP contribution is -2.48. The third-order valence-electron chi connectivity index (χ3n) is 5.67. The Morgan fingerprint density at radius 3 is 2.50 bits per heavy atom. The van der Waals surface area contributed by atoms with E-state index in [0.29, 0.717) is 12.8 Å². The van der Waals surface area contributed by atoms with E-state index in [0.717, 1.165) is 46.9 Å². The van der Waals surface area contributed by atoms with Gasteiger partial charge in [-0.05, 0) is 35.4 Å². The van der Waals surface area contributed by atoms with E-state index < -0.39 is 0 Å². The molecule has 2 aromatic rings. The van der Waals surface area contributed by atoms with Gasteiger partial charge in [0, 0.05) is 18.4 Å². The van der Waals surface area contributed by atoms with Gasteiger partial charge >= 0.3 is 0 Å². The predicted octanol–water partition coefficient (Wildman–Crippen LogP) is 3.35. The number of rotatable bonds is 4. The SMILES string of the molecule is COc1cc2c(cc1OC)C(Cc1ccc3c(c1)OCO3)[N+](C)(C)CC2. The summed E-state index contributed by atoms with van der Waals surface area (Å²) in [5.74, 6) is 3.28. The van der Waals surface area contributed by atoms with E-state index in [4.69, 9.17) is 18.9 Å². The van der Waals surface area contributed by atoms with E-state index in [1.54, 1.807) is 14.2 Å². The van der Waals surface area contributed by atoms with Crippen LogP contribution in [0.1, 0.15) is 22.7 Å². The van der Waals surface area contributed by atoms with E-state index >= 15 is 0 Å². The van der Waals surface area contributed by atoms with Gasteiger partial charge in [0.2, 0.25) is 6.79 Å². The molecule has 138 valence electrons. The first-order valence-electron chi connectivity index (χ1n) is 8.98. The number of benzene rings is 2. The lowest BCUT2D eigenvalue weighted by Gasteiger charge is -2.43. The second kappa shape index (κ2) is 6.40. The summed E-state index contributed by atoms with van der Waals surface area (Å²) in [4.78, 5) is 0. The summed E-state index contributed by atoms with van der Waals surface area (Å²) in [5, 5.41) is 0. The largest absolute Gasteiger partial charge is 0.493 e. The number of nitrogens with zero attached hydrogens (tertiary/aromatic N) is 1. The summed E-state index contributed by atoms with van der Waals surface area (Å²) in [6, 6.07) is 10.9. The van der Waals surface area contributed by atoms with E-state index in [2.05, 4.69) is 38.4 Å². The zero-order valence-electron chi connectivity index (χ0n) is 15.9. The van der Waals surface area contributed by atoms with Crippen LogP contribution in [0.15, 0.2) is 30.3 Å². The fourth-order valence-corrected chi connectivity index (χ4v) is 4.05. The molecule has 4 rings (SSSR count). The Morgan fingerprint density at radius 1 is 1.00 bits per heavy atom. The second-order valence-corrected chi connectivity index (χ2v) is 7.57. The molecule has 0 N–H and O–H groups in total. The van der Waals surface area contributed by atoms with E-state index in [9.17, 15) is 0 Å². The summed E-state index contributed by atoms with van der Waals surface area (Å²) < 4.78 is 23.0. The smallest absolute Gasteiger partial charge is 0.231 e. The average Bonchev–Trinajstić information content (AvgIpc) is 3.11. The van der Waals surface area contributed by atoms with Crippen molar-refractivity contribution in [2.24, 2.45) is 0 Å². The van der Waals surface area contributed by atoms with Gasteiger partial charge in [-0.1, -0.05) is 6.07 Å². The highest BCUT2D eigenvalue weighted by Gasteiger charge is 2.37. The van der Waals surface area contributed by atoms with Gasteiger partial charge in [0.1, 0.15) is 6.04 Å². The monoisotopic (exact) mass is 356 g/mol. The van der Waals surface area contributed by atoms with Crippen molar-refractivity contribution in [1.29, 1.82) is 0 Å². The van der Waals surface area contributed by atoms with Gasteiger partial charge in [0.15, 0.2) is 23.0 Å². The molecule has 0 aliphatic carbocycles. The van der Waals surface area contributed by atoms with E-state index in [1.165, 1.54) is 16.7 Å². The van der Waals surface area contributed by atoms with E-state index in [1.807, 2.05) is 6.07 Å². The predicted molar refractivity (Wildman–Crippen MR) is 99.2 cm³/mol. The van der Waals surface area contributed by atoms with Crippen molar-refractivity contribution in [1.82, 2.24) is 0 Å². The molecule has 26 heavy (non-hydrogen) atoms. The summed E-state index contributed by atoms with van der Waals surface area (Å²) >= 11 is 0. The number of fused-ring (bicyclic) bond motifs is 2. The summed E-state index contributed by atoms with van der Waals surface area (Å²) in [6.07, 6.45) is 1.98. The molecule has 0 amide bonds. The number of hydrogen-bond acceptors (Lipinski definition) is 4. The quantitative estimate of drug-likeness (QED) is 0.788. The molecule has 1 unspecified atom stereocenters. The first-order valence-corrected chi connectivity index (χ1v) is 8.98. The fraction of sp³-hybridized carbons (Fsp3) is 0.429. The van der Waals surface area contributed by atoms with Gasteiger partial charge < -0.3 is 23.4 Å². The fourth-order valence-electron chi connectivity index (χ4n) is 4.05. The Hall–Kier alpha value is -2.40. The van der Waals surface area contributed by atoms with Crippen LogP contribution < -0.4 is 18.9 Å². The molecule has 0 aromatic heterocycles. The Morgan fingerprint density at radius 2 is 1.73 bits per heavy atom. The Labute approximate surface area is 154 Å². The first kappa shape index (κ1) is 17.0. The minimum atomic E-state index is 0.309. The minimum Gasteiger partial charge on any atom is -0.493 e. The molecule has 2 aromatic carbocycles. The molecule has 0 saturated heterocycles. The molecule has 0 radical (unpaired) electrons. The molecule has 5 heteroatoms. The molecular formula is C21H26NO4+. The third kappa shape index (κ3) is 2.86. The highest BCUT2D eigenvalue weighted by atomic mass is 16.7. The van der Waals surface area contributed by atoms with Crippen LogP contribution in [0, 0.1) is 0 Å². The van der Waals surface area contributed by atoms with Crippen LogP contribution in [-0.4, -0.2) is 46.1 Å². The van der Waals surface area contributed by atoms with Gasteiger partial charge in [0.25, 0.3) is 0 Å². The van der Waals surface area contributed by atoms with Crippen molar-refractivity contribution >= 4 is 0 Å². The lowest BCUT2D eigenvalue weighted by atomic mass is 9.87. The number of hydrogen-bond donors (Lipinski definition) is 0. The maximum atomic E-state index is 5.56. The first-order chi connectivity index (χ1) is 12.5. The zero-order chi connectivity index (χ0) is 18.3. The van der Waals surface area contributed by atoms with Gasteiger partial charge in [-0.3, -0.25) is 0 Å². The Balaban J connectivity index is 1.72. The number of likely N-dealkylation sites (N-methyl/N-ethyl adjacent to an activating group) is 1.